The zero-order valence-corrected chi connectivity index (χ0v) is 16.7. The lowest BCUT2D eigenvalue weighted by Gasteiger charge is -2.13. The zero-order valence-electron chi connectivity index (χ0n) is 15.1. The molecule has 2 aromatic heterocycles. The topological polar surface area (TPSA) is 84.3 Å². The van der Waals surface area contributed by atoms with Crippen molar-refractivity contribution in [3.05, 3.63) is 41.7 Å². The van der Waals surface area contributed by atoms with E-state index in [2.05, 4.69) is 10.3 Å². The summed E-state index contributed by atoms with van der Waals surface area (Å²) in [6.45, 7) is 3.04. The largest absolute Gasteiger partial charge is 0.345 e. The summed E-state index contributed by atoms with van der Waals surface area (Å²) in [6.07, 6.45) is 3.23. The van der Waals surface area contributed by atoms with Crippen molar-refractivity contribution in [3.8, 4) is 0 Å². The lowest BCUT2D eigenvalue weighted by atomic mass is 10.2. The SMILES string of the molecule is Cc1cccc2sc(NC(=O)c3cc(S(=O)(=O)N4CCCC4)cn3C)nc12. The van der Waals surface area contributed by atoms with Crippen LogP contribution in [0.2, 0.25) is 0 Å². The van der Waals surface area contributed by atoms with E-state index in [0.29, 0.717) is 18.2 Å². The molecular formula is C18H20N4O3S2. The van der Waals surface area contributed by atoms with E-state index >= 15 is 0 Å². The lowest BCUT2D eigenvalue weighted by Crippen LogP contribution is -2.27. The average molecular weight is 405 g/mol. The fourth-order valence-electron chi connectivity index (χ4n) is 3.28. The molecule has 1 fully saturated rings. The Hall–Kier alpha value is -2.23. The van der Waals surface area contributed by atoms with Crippen molar-refractivity contribution in [1.82, 2.24) is 13.9 Å². The second-order valence-corrected chi connectivity index (χ2v) is 9.65. The number of sulfonamides is 1. The number of hydrogen-bond acceptors (Lipinski definition) is 5. The normalized spacial score (nSPS) is 15.5. The van der Waals surface area contributed by atoms with Crippen molar-refractivity contribution in [2.45, 2.75) is 24.7 Å². The summed E-state index contributed by atoms with van der Waals surface area (Å²) in [5.74, 6) is -0.378. The summed E-state index contributed by atoms with van der Waals surface area (Å²) < 4.78 is 29.4. The van der Waals surface area contributed by atoms with Gasteiger partial charge in [-0.3, -0.25) is 10.1 Å². The number of amides is 1. The van der Waals surface area contributed by atoms with Gasteiger partial charge in [-0.05, 0) is 37.5 Å². The van der Waals surface area contributed by atoms with Gasteiger partial charge in [-0.1, -0.05) is 23.5 Å². The highest BCUT2D eigenvalue weighted by atomic mass is 32.2. The van der Waals surface area contributed by atoms with Gasteiger partial charge in [0, 0.05) is 26.3 Å². The second kappa shape index (κ2) is 6.74. The van der Waals surface area contributed by atoms with Crippen LogP contribution in [0.15, 0.2) is 35.4 Å². The Balaban J connectivity index is 1.60. The molecule has 142 valence electrons. The number of rotatable bonds is 4. The van der Waals surface area contributed by atoms with E-state index in [1.807, 2.05) is 25.1 Å². The predicted octanol–water partition coefficient (Wildman–Crippen LogP) is 2.98. The number of aromatic nitrogens is 2. The maximum Gasteiger partial charge on any atom is 0.274 e. The van der Waals surface area contributed by atoms with Gasteiger partial charge in [0.15, 0.2) is 5.13 Å². The van der Waals surface area contributed by atoms with Crippen molar-refractivity contribution in [2.24, 2.45) is 7.05 Å². The minimum atomic E-state index is -3.55. The number of thiazole rings is 1. The van der Waals surface area contributed by atoms with Crippen LogP contribution < -0.4 is 5.32 Å². The number of nitrogens with one attached hydrogen (secondary N) is 1. The number of aryl methyl sites for hydroxylation is 2. The Morgan fingerprint density at radius 2 is 2.00 bits per heavy atom. The van der Waals surface area contributed by atoms with E-state index in [1.165, 1.54) is 32.5 Å². The molecule has 0 radical (unpaired) electrons. The minimum absolute atomic E-state index is 0.150. The first-order valence-electron chi connectivity index (χ1n) is 8.70. The standard InChI is InChI=1S/C18H20N4O3S2/c1-12-6-5-7-15-16(12)19-18(26-15)20-17(23)14-10-13(11-21(14)2)27(24,25)22-8-3-4-9-22/h5-7,10-11H,3-4,8-9H2,1-2H3,(H,19,20,23). The van der Waals surface area contributed by atoms with Crippen LogP contribution in [-0.2, 0) is 17.1 Å². The van der Waals surface area contributed by atoms with Gasteiger partial charge in [-0.2, -0.15) is 4.31 Å². The third kappa shape index (κ3) is 3.26. The number of fused-ring (bicyclic) bond motifs is 1. The van der Waals surface area contributed by atoms with Crippen molar-refractivity contribution >= 4 is 42.6 Å². The number of carbonyl (C=O) groups excluding carboxylic acids is 1. The van der Waals surface area contributed by atoms with Gasteiger partial charge in [0.1, 0.15) is 10.6 Å². The molecule has 1 aliphatic heterocycles. The van der Waals surface area contributed by atoms with Crippen LogP contribution in [0.25, 0.3) is 10.2 Å². The Labute approximate surface area is 161 Å². The first-order chi connectivity index (χ1) is 12.9. The molecule has 27 heavy (non-hydrogen) atoms. The fraction of sp³-hybridized carbons (Fsp3) is 0.333. The Morgan fingerprint density at radius 1 is 1.26 bits per heavy atom. The van der Waals surface area contributed by atoms with Gasteiger partial charge in [0.05, 0.1) is 10.2 Å². The van der Waals surface area contributed by atoms with Crippen LogP contribution in [0, 0.1) is 6.92 Å². The quantitative estimate of drug-likeness (QED) is 0.724. The highest BCUT2D eigenvalue weighted by molar-refractivity contribution is 7.89. The molecule has 4 rings (SSSR count). The molecule has 0 atom stereocenters. The smallest absolute Gasteiger partial charge is 0.274 e. The molecule has 1 aromatic carbocycles. The molecule has 3 heterocycles. The van der Waals surface area contributed by atoms with Crippen LogP contribution >= 0.6 is 11.3 Å². The maximum absolute atomic E-state index is 12.7. The van der Waals surface area contributed by atoms with Crippen molar-refractivity contribution < 1.29 is 13.2 Å². The van der Waals surface area contributed by atoms with Crippen LogP contribution in [0.5, 0.6) is 0 Å². The molecule has 7 nitrogen and oxygen atoms in total. The van der Waals surface area contributed by atoms with Gasteiger partial charge in [-0.25, -0.2) is 13.4 Å². The number of anilines is 1. The summed E-state index contributed by atoms with van der Waals surface area (Å²) in [4.78, 5) is 17.3. The van der Waals surface area contributed by atoms with Gasteiger partial charge >= 0.3 is 0 Å². The van der Waals surface area contributed by atoms with Gasteiger partial charge < -0.3 is 4.57 Å². The minimum Gasteiger partial charge on any atom is -0.345 e. The maximum atomic E-state index is 12.7. The highest BCUT2D eigenvalue weighted by Gasteiger charge is 2.29. The van der Waals surface area contributed by atoms with Crippen LogP contribution in [0.3, 0.4) is 0 Å². The zero-order chi connectivity index (χ0) is 19.2. The molecule has 0 spiro atoms. The van der Waals surface area contributed by atoms with Gasteiger partial charge in [-0.15, -0.1) is 0 Å². The third-order valence-corrected chi connectivity index (χ3v) is 7.56. The van der Waals surface area contributed by atoms with E-state index < -0.39 is 10.0 Å². The van der Waals surface area contributed by atoms with Crippen molar-refractivity contribution in [3.63, 3.8) is 0 Å². The number of benzene rings is 1. The molecule has 1 aliphatic rings. The third-order valence-electron chi connectivity index (χ3n) is 4.76. The molecule has 1 amide bonds. The summed E-state index contributed by atoms with van der Waals surface area (Å²) in [5, 5.41) is 3.28. The molecule has 9 heteroatoms. The number of hydrogen-bond donors (Lipinski definition) is 1. The first-order valence-corrected chi connectivity index (χ1v) is 11.0. The Bertz CT molecular complexity index is 1120. The van der Waals surface area contributed by atoms with Crippen LogP contribution in [0.4, 0.5) is 5.13 Å². The lowest BCUT2D eigenvalue weighted by molar-refractivity contribution is 0.101. The van der Waals surface area contributed by atoms with Crippen LogP contribution in [-0.4, -0.2) is 41.3 Å². The highest BCUT2D eigenvalue weighted by Crippen LogP contribution is 2.28. The predicted molar refractivity (Wildman–Crippen MR) is 106 cm³/mol. The number of carbonyl (C=O) groups is 1. The van der Waals surface area contributed by atoms with E-state index in [0.717, 1.165) is 28.6 Å². The van der Waals surface area contributed by atoms with Gasteiger partial charge in [0.25, 0.3) is 5.91 Å². The van der Waals surface area contributed by atoms with E-state index in [4.69, 9.17) is 0 Å². The summed E-state index contributed by atoms with van der Waals surface area (Å²) in [6, 6.07) is 7.31. The fourth-order valence-corrected chi connectivity index (χ4v) is 5.81. The molecule has 1 saturated heterocycles. The summed E-state index contributed by atoms with van der Waals surface area (Å²) in [7, 11) is -1.89. The Morgan fingerprint density at radius 3 is 2.70 bits per heavy atom. The monoisotopic (exact) mass is 404 g/mol. The molecule has 0 aliphatic carbocycles. The molecule has 3 aromatic rings. The summed E-state index contributed by atoms with van der Waals surface area (Å²) in [5.41, 5.74) is 2.19. The number of para-hydroxylation sites is 1. The number of nitrogens with zero attached hydrogens (tertiary/aromatic N) is 3. The van der Waals surface area contributed by atoms with E-state index in [9.17, 15) is 13.2 Å². The van der Waals surface area contributed by atoms with Gasteiger partial charge in [0.2, 0.25) is 10.0 Å². The van der Waals surface area contributed by atoms with Crippen LogP contribution in [0.1, 0.15) is 28.9 Å². The molecule has 0 saturated carbocycles. The summed E-state index contributed by atoms with van der Waals surface area (Å²) >= 11 is 1.39. The first kappa shape index (κ1) is 18.1. The Kier molecular flexibility index (Phi) is 4.53. The average Bonchev–Trinajstić information content (AvgIpc) is 3.33. The molecule has 0 unspecified atom stereocenters. The molecular weight excluding hydrogens is 384 g/mol. The van der Waals surface area contributed by atoms with E-state index in [-0.39, 0.29) is 16.5 Å². The van der Waals surface area contributed by atoms with Crippen molar-refractivity contribution in [2.75, 3.05) is 18.4 Å². The second-order valence-electron chi connectivity index (χ2n) is 6.68. The van der Waals surface area contributed by atoms with Crippen molar-refractivity contribution in [1.29, 1.82) is 0 Å². The molecule has 1 N–H and O–H groups in total. The van der Waals surface area contributed by atoms with E-state index in [1.54, 1.807) is 7.05 Å². The molecule has 0 bridgehead atoms.